The molecular formula is C23H24N6O. The van der Waals surface area contributed by atoms with Gasteiger partial charge in [-0.25, -0.2) is 9.97 Å². The third-order valence-electron chi connectivity index (χ3n) is 6.12. The molecule has 0 amide bonds. The SMILES string of the molecule is Cn1c(-c2cn3c4ccccc4n(CCN4CCOCC4)c3n2)nc2ccccc21. The van der Waals surface area contributed by atoms with Gasteiger partial charge in [0.15, 0.2) is 5.82 Å². The summed E-state index contributed by atoms with van der Waals surface area (Å²) in [7, 11) is 2.05. The van der Waals surface area contributed by atoms with Gasteiger partial charge in [-0.2, -0.15) is 0 Å². The highest BCUT2D eigenvalue weighted by Crippen LogP contribution is 2.27. The summed E-state index contributed by atoms with van der Waals surface area (Å²) in [6, 6.07) is 16.7. The van der Waals surface area contributed by atoms with Gasteiger partial charge in [-0.3, -0.25) is 9.30 Å². The standard InChI is InChI=1S/C23H24N6O/c1-26-19-7-3-2-6-17(19)24-22(26)18-16-29-21-9-5-4-8-20(21)28(23(29)25-18)11-10-27-12-14-30-15-13-27/h2-9,16H,10-15H2,1H3. The van der Waals surface area contributed by atoms with E-state index in [0.717, 1.165) is 67.7 Å². The van der Waals surface area contributed by atoms with Crippen molar-refractivity contribution < 1.29 is 4.74 Å². The van der Waals surface area contributed by atoms with Crippen molar-refractivity contribution in [3.63, 3.8) is 0 Å². The van der Waals surface area contributed by atoms with E-state index in [-0.39, 0.29) is 0 Å². The molecule has 2 aromatic carbocycles. The number of ether oxygens (including phenoxy) is 1. The van der Waals surface area contributed by atoms with Crippen LogP contribution in [0, 0.1) is 0 Å². The Morgan fingerprint density at radius 2 is 1.60 bits per heavy atom. The molecule has 4 heterocycles. The molecule has 30 heavy (non-hydrogen) atoms. The second-order valence-corrected chi connectivity index (χ2v) is 7.87. The van der Waals surface area contributed by atoms with E-state index in [0.29, 0.717) is 0 Å². The highest BCUT2D eigenvalue weighted by Gasteiger charge is 2.19. The molecule has 0 N–H and O–H groups in total. The molecule has 0 spiro atoms. The second-order valence-electron chi connectivity index (χ2n) is 7.87. The number of morpholine rings is 1. The zero-order chi connectivity index (χ0) is 20.1. The molecule has 0 saturated carbocycles. The molecule has 1 fully saturated rings. The van der Waals surface area contributed by atoms with Crippen molar-refractivity contribution in [3.05, 3.63) is 54.7 Å². The monoisotopic (exact) mass is 400 g/mol. The maximum Gasteiger partial charge on any atom is 0.215 e. The van der Waals surface area contributed by atoms with E-state index in [2.05, 4.69) is 62.0 Å². The van der Waals surface area contributed by atoms with Crippen LogP contribution in [0.1, 0.15) is 0 Å². The first kappa shape index (κ1) is 17.7. The van der Waals surface area contributed by atoms with Crippen molar-refractivity contribution in [1.29, 1.82) is 0 Å². The normalized spacial score (nSPS) is 15.6. The lowest BCUT2D eigenvalue weighted by Gasteiger charge is -2.26. The Balaban J connectivity index is 1.46. The third-order valence-corrected chi connectivity index (χ3v) is 6.12. The summed E-state index contributed by atoms with van der Waals surface area (Å²) in [5.41, 5.74) is 5.39. The minimum atomic E-state index is 0.822. The summed E-state index contributed by atoms with van der Waals surface area (Å²) < 4.78 is 12.1. The minimum absolute atomic E-state index is 0.822. The van der Waals surface area contributed by atoms with Crippen LogP contribution in [-0.4, -0.2) is 61.3 Å². The van der Waals surface area contributed by atoms with Crippen LogP contribution >= 0.6 is 0 Å². The molecule has 1 aliphatic heterocycles. The number of nitrogens with zero attached hydrogens (tertiary/aromatic N) is 6. The lowest BCUT2D eigenvalue weighted by atomic mass is 10.3. The van der Waals surface area contributed by atoms with Crippen LogP contribution in [0.5, 0.6) is 0 Å². The third kappa shape index (κ3) is 2.74. The first-order chi connectivity index (χ1) is 14.8. The molecular weight excluding hydrogens is 376 g/mol. The van der Waals surface area contributed by atoms with Gasteiger partial charge in [0.2, 0.25) is 5.78 Å². The van der Waals surface area contributed by atoms with E-state index >= 15 is 0 Å². The average Bonchev–Trinajstić information content (AvgIpc) is 3.44. The Hall–Kier alpha value is -3.16. The molecule has 0 bridgehead atoms. The van der Waals surface area contributed by atoms with Gasteiger partial charge in [0, 0.05) is 39.4 Å². The Bertz CT molecular complexity index is 1350. The zero-order valence-corrected chi connectivity index (χ0v) is 17.0. The molecule has 5 aromatic rings. The van der Waals surface area contributed by atoms with E-state index in [9.17, 15) is 0 Å². The summed E-state index contributed by atoms with van der Waals surface area (Å²) in [5.74, 6) is 1.86. The van der Waals surface area contributed by atoms with Gasteiger partial charge in [0.25, 0.3) is 0 Å². The summed E-state index contributed by atoms with van der Waals surface area (Å²) >= 11 is 0. The highest BCUT2D eigenvalue weighted by atomic mass is 16.5. The van der Waals surface area contributed by atoms with Crippen LogP contribution in [0.4, 0.5) is 0 Å². The van der Waals surface area contributed by atoms with Crippen LogP contribution in [0.3, 0.4) is 0 Å². The second kappa shape index (κ2) is 6.97. The number of hydrogen-bond acceptors (Lipinski definition) is 4. The van der Waals surface area contributed by atoms with Crippen molar-refractivity contribution in [1.82, 2.24) is 28.4 Å². The van der Waals surface area contributed by atoms with E-state index in [1.54, 1.807) is 0 Å². The Morgan fingerprint density at radius 1 is 0.867 bits per heavy atom. The Labute approximate surface area is 174 Å². The summed E-state index contributed by atoms with van der Waals surface area (Å²) in [5, 5.41) is 0. The van der Waals surface area contributed by atoms with Gasteiger partial charge >= 0.3 is 0 Å². The number of aryl methyl sites for hydroxylation is 1. The fourth-order valence-corrected chi connectivity index (χ4v) is 4.51. The molecule has 6 rings (SSSR count). The molecule has 0 atom stereocenters. The predicted octanol–water partition coefficient (Wildman–Crippen LogP) is 3.17. The van der Waals surface area contributed by atoms with Crippen LogP contribution < -0.4 is 0 Å². The quantitative estimate of drug-likeness (QED) is 0.465. The van der Waals surface area contributed by atoms with Gasteiger partial charge in [0.1, 0.15) is 5.69 Å². The van der Waals surface area contributed by atoms with E-state index < -0.39 is 0 Å². The maximum atomic E-state index is 5.49. The predicted molar refractivity (Wildman–Crippen MR) is 118 cm³/mol. The molecule has 7 nitrogen and oxygen atoms in total. The zero-order valence-electron chi connectivity index (χ0n) is 17.0. The van der Waals surface area contributed by atoms with Gasteiger partial charge in [-0.05, 0) is 24.3 Å². The van der Waals surface area contributed by atoms with Gasteiger partial charge in [0.05, 0.1) is 35.3 Å². The maximum absolute atomic E-state index is 5.49. The van der Waals surface area contributed by atoms with Crippen molar-refractivity contribution in [2.45, 2.75) is 6.54 Å². The Morgan fingerprint density at radius 3 is 2.40 bits per heavy atom. The molecule has 0 radical (unpaired) electrons. The van der Waals surface area contributed by atoms with Crippen molar-refractivity contribution in [2.24, 2.45) is 7.05 Å². The summed E-state index contributed by atoms with van der Waals surface area (Å²) in [4.78, 5) is 12.3. The van der Waals surface area contributed by atoms with E-state index in [1.807, 2.05) is 18.2 Å². The van der Waals surface area contributed by atoms with Crippen LogP contribution in [0.25, 0.3) is 39.4 Å². The first-order valence-corrected chi connectivity index (χ1v) is 10.5. The average molecular weight is 400 g/mol. The molecule has 3 aromatic heterocycles. The van der Waals surface area contributed by atoms with Crippen LogP contribution in [-0.2, 0) is 18.3 Å². The number of para-hydroxylation sites is 4. The number of aromatic nitrogens is 5. The number of hydrogen-bond donors (Lipinski definition) is 0. The van der Waals surface area contributed by atoms with Crippen molar-refractivity contribution in [2.75, 3.05) is 32.8 Å². The molecule has 1 saturated heterocycles. The number of rotatable bonds is 4. The molecule has 0 unspecified atom stereocenters. The highest BCUT2D eigenvalue weighted by molar-refractivity contribution is 5.83. The van der Waals surface area contributed by atoms with Gasteiger partial charge in [-0.1, -0.05) is 24.3 Å². The molecule has 152 valence electrons. The topological polar surface area (TPSA) is 52.5 Å². The smallest absolute Gasteiger partial charge is 0.215 e. The fourth-order valence-electron chi connectivity index (χ4n) is 4.51. The number of benzene rings is 2. The summed E-state index contributed by atoms with van der Waals surface area (Å²) in [6.07, 6.45) is 2.12. The van der Waals surface area contributed by atoms with E-state index in [1.165, 1.54) is 11.0 Å². The van der Waals surface area contributed by atoms with Crippen molar-refractivity contribution in [3.8, 4) is 11.5 Å². The Kier molecular flexibility index (Phi) is 4.11. The molecule has 0 aliphatic carbocycles. The minimum Gasteiger partial charge on any atom is -0.379 e. The summed E-state index contributed by atoms with van der Waals surface area (Å²) in [6.45, 7) is 5.52. The number of fused-ring (bicyclic) bond motifs is 4. The first-order valence-electron chi connectivity index (χ1n) is 10.5. The van der Waals surface area contributed by atoms with Crippen LogP contribution in [0.15, 0.2) is 54.7 Å². The van der Waals surface area contributed by atoms with Gasteiger partial charge in [-0.15, -0.1) is 0 Å². The lowest BCUT2D eigenvalue weighted by Crippen LogP contribution is -2.38. The molecule has 1 aliphatic rings. The molecule has 7 heteroatoms. The fraction of sp³-hybridized carbons (Fsp3) is 0.304. The van der Waals surface area contributed by atoms with Crippen molar-refractivity contribution >= 4 is 27.8 Å². The van der Waals surface area contributed by atoms with Gasteiger partial charge < -0.3 is 13.9 Å². The largest absolute Gasteiger partial charge is 0.379 e. The van der Waals surface area contributed by atoms with Crippen LogP contribution in [0.2, 0.25) is 0 Å². The van der Waals surface area contributed by atoms with E-state index in [4.69, 9.17) is 14.7 Å². The number of imidazole rings is 3. The lowest BCUT2D eigenvalue weighted by molar-refractivity contribution is 0.0366.